The van der Waals surface area contributed by atoms with E-state index in [1.54, 1.807) is 13.2 Å². The number of benzene rings is 1. The van der Waals surface area contributed by atoms with Gasteiger partial charge in [-0.2, -0.15) is 0 Å². The maximum absolute atomic E-state index is 12.2. The van der Waals surface area contributed by atoms with Crippen LogP contribution in [0.15, 0.2) is 35.7 Å². The number of thiophene rings is 1. The van der Waals surface area contributed by atoms with Crippen molar-refractivity contribution in [3.8, 4) is 5.75 Å². The smallest absolute Gasteiger partial charge is 0.269 e. The quantitative estimate of drug-likeness (QED) is 0.835. The summed E-state index contributed by atoms with van der Waals surface area (Å²) in [5, 5.41) is 4.77. The average Bonchev–Trinajstić information content (AvgIpc) is 2.87. The number of hydrogen-bond donors (Lipinski definition) is 1. The first-order valence-corrected chi connectivity index (χ1v) is 7.59. The van der Waals surface area contributed by atoms with E-state index in [9.17, 15) is 4.79 Å². The summed E-state index contributed by atoms with van der Waals surface area (Å²) in [6.45, 7) is 2.02. The van der Waals surface area contributed by atoms with Crippen molar-refractivity contribution in [2.45, 2.75) is 11.8 Å². The lowest BCUT2D eigenvalue weighted by Crippen LogP contribution is -2.12. The van der Waals surface area contributed by atoms with E-state index < -0.39 is 0 Å². The predicted octanol–water partition coefficient (Wildman–Crippen LogP) is 4.46. The molecule has 1 aromatic carbocycles. The monoisotopic (exact) mass is 339 g/mol. The van der Waals surface area contributed by atoms with Crippen molar-refractivity contribution in [2.75, 3.05) is 12.4 Å². The van der Waals surface area contributed by atoms with Gasteiger partial charge in [-0.3, -0.25) is 4.79 Å². The lowest BCUT2D eigenvalue weighted by molar-refractivity contribution is 0.102. The third-order valence-electron chi connectivity index (χ3n) is 2.69. The zero-order valence-corrected chi connectivity index (χ0v) is 13.0. The van der Waals surface area contributed by atoms with Gasteiger partial charge >= 0.3 is 0 Å². The highest BCUT2D eigenvalue weighted by Crippen LogP contribution is 2.30. The number of nitrogens with one attached hydrogen (secondary N) is 1. The Kier molecular flexibility index (Phi) is 4.61. The number of anilines is 1. The summed E-state index contributed by atoms with van der Waals surface area (Å²) in [4.78, 5) is 13.0. The highest BCUT2D eigenvalue weighted by atomic mass is 79.9. The molecule has 100 valence electrons. The minimum Gasteiger partial charge on any atom is -0.495 e. The molecular formula is C14H14BrNO2S. The van der Waals surface area contributed by atoms with E-state index in [1.165, 1.54) is 11.3 Å². The topological polar surface area (TPSA) is 38.3 Å². The van der Waals surface area contributed by atoms with Crippen LogP contribution in [-0.2, 0) is 0 Å². The van der Waals surface area contributed by atoms with Crippen molar-refractivity contribution in [3.63, 3.8) is 0 Å². The minimum atomic E-state index is -0.146. The SMILES string of the molecule is COc1ccsc1C(=O)Nc1ccccc1C(C)Br. The van der Waals surface area contributed by atoms with Gasteiger partial charge in [-0.25, -0.2) is 0 Å². The van der Waals surface area contributed by atoms with E-state index in [4.69, 9.17) is 4.74 Å². The maximum Gasteiger partial charge on any atom is 0.269 e. The number of rotatable bonds is 4. The molecule has 1 atom stereocenters. The van der Waals surface area contributed by atoms with E-state index in [0.717, 1.165) is 11.3 Å². The van der Waals surface area contributed by atoms with Crippen molar-refractivity contribution < 1.29 is 9.53 Å². The molecule has 19 heavy (non-hydrogen) atoms. The normalized spacial score (nSPS) is 11.9. The Morgan fingerprint density at radius 1 is 1.37 bits per heavy atom. The van der Waals surface area contributed by atoms with Crippen LogP contribution in [0.4, 0.5) is 5.69 Å². The summed E-state index contributed by atoms with van der Waals surface area (Å²) in [6, 6.07) is 9.53. The first kappa shape index (κ1) is 14.1. The fraction of sp³-hybridized carbons (Fsp3) is 0.214. The first-order chi connectivity index (χ1) is 9.13. The van der Waals surface area contributed by atoms with Crippen LogP contribution >= 0.6 is 27.3 Å². The van der Waals surface area contributed by atoms with Gasteiger partial charge in [0, 0.05) is 10.5 Å². The number of para-hydroxylation sites is 1. The summed E-state index contributed by atoms with van der Waals surface area (Å²) >= 11 is 4.89. The summed E-state index contributed by atoms with van der Waals surface area (Å²) in [6.07, 6.45) is 0. The van der Waals surface area contributed by atoms with Crippen LogP contribution in [0, 0.1) is 0 Å². The molecule has 5 heteroatoms. The van der Waals surface area contributed by atoms with Crippen LogP contribution in [0.25, 0.3) is 0 Å². The second-order valence-corrected chi connectivity index (χ2v) is 6.27. The van der Waals surface area contributed by atoms with Crippen molar-refractivity contribution in [1.82, 2.24) is 0 Å². The van der Waals surface area contributed by atoms with Gasteiger partial charge in [0.05, 0.1) is 7.11 Å². The second-order valence-electron chi connectivity index (χ2n) is 3.98. The van der Waals surface area contributed by atoms with Crippen LogP contribution < -0.4 is 10.1 Å². The number of carbonyl (C=O) groups excluding carboxylic acids is 1. The molecule has 0 saturated heterocycles. The molecular weight excluding hydrogens is 326 g/mol. The van der Waals surface area contributed by atoms with Gasteiger partial charge in [-0.05, 0) is 30.0 Å². The molecule has 0 aliphatic heterocycles. The third kappa shape index (κ3) is 3.16. The molecule has 3 nitrogen and oxygen atoms in total. The zero-order valence-electron chi connectivity index (χ0n) is 10.6. The van der Waals surface area contributed by atoms with Gasteiger partial charge in [-0.15, -0.1) is 11.3 Å². The Hall–Kier alpha value is -1.33. The molecule has 0 fully saturated rings. The molecule has 1 heterocycles. The number of amides is 1. The molecule has 0 aliphatic rings. The lowest BCUT2D eigenvalue weighted by atomic mass is 10.1. The highest BCUT2D eigenvalue weighted by Gasteiger charge is 2.16. The van der Waals surface area contributed by atoms with Crippen molar-refractivity contribution in [1.29, 1.82) is 0 Å². The molecule has 0 spiro atoms. The number of carbonyl (C=O) groups is 1. The van der Waals surface area contributed by atoms with Crippen LogP contribution in [0.1, 0.15) is 27.0 Å². The number of hydrogen-bond acceptors (Lipinski definition) is 3. The van der Waals surface area contributed by atoms with E-state index >= 15 is 0 Å². The molecule has 0 saturated carbocycles. The van der Waals surface area contributed by atoms with E-state index in [0.29, 0.717) is 10.6 Å². The molecule has 1 unspecified atom stereocenters. The third-order valence-corrected chi connectivity index (χ3v) is 4.08. The van der Waals surface area contributed by atoms with E-state index in [-0.39, 0.29) is 10.7 Å². The molecule has 1 N–H and O–H groups in total. The maximum atomic E-state index is 12.2. The van der Waals surface area contributed by atoms with Gasteiger partial charge in [0.25, 0.3) is 5.91 Å². The lowest BCUT2D eigenvalue weighted by Gasteiger charge is -2.12. The fourth-order valence-corrected chi connectivity index (χ4v) is 2.91. The van der Waals surface area contributed by atoms with Crippen LogP contribution in [-0.4, -0.2) is 13.0 Å². The summed E-state index contributed by atoms with van der Waals surface area (Å²) in [7, 11) is 1.56. The van der Waals surface area contributed by atoms with Crippen molar-refractivity contribution in [2.24, 2.45) is 0 Å². The molecule has 2 aromatic rings. The fourth-order valence-electron chi connectivity index (χ4n) is 1.76. The Morgan fingerprint density at radius 2 is 2.11 bits per heavy atom. The van der Waals surface area contributed by atoms with Gasteiger partial charge in [0.2, 0.25) is 0 Å². The van der Waals surface area contributed by atoms with Gasteiger partial charge in [0.15, 0.2) is 0 Å². The largest absolute Gasteiger partial charge is 0.495 e. The number of alkyl halides is 1. The molecule has 1 amide bonds. The minimum absolute atomic E-state index is 0.146. The second kappa shape index (κ2) is 6.21. The van der Waals surface area contributed by atoms with Crippen molar-refractivity contribution >= 4 is 38.9 Å². The summed E-state index contributed by atoms with van der Waals surface area (Å²) in [5.74, 6) is 0.458. The van der Waals surface area contributed by atoms with Crippen molar-refractivity contribution in [3.05, 3.63) is 46.2 Å². The van der Waals surface area contributed by atoms with Crippen LogP contribution in [0.2, 0.25) is 0 Å². The standard InChI is InChI=1S/C14H14BrNO2S/c1-9(15)10-5-3-4-6-11(10)16-14(17)13-12(18-2)7-8-19-13/h3-9H,1-2H3,(H,16,17). The Morgan fingerprint density at radius 3 is 2.79 bits per heavy atom. The summed E-state index contributed by atoms with van der Waals surface area (Å²) in [5.41, 5.74) is 1.86. The number of ether oxygens (including phenoxy) is 1. The predicted molar refractivity (Wildman–Crippen MR) is 82.6 cm³/mol. The molecule has 0 bridgehead atoms. The van der Waals surface area contributed by atoms with Gasteiger partial charge in [-0.1, -0.05) is 34.1 Å². The first-order valence-electron chi connectivity index (χ1n) is 5.79. The number of methoxy groups -OCH3 is 1. The number of halogens is 1. The van der Waals surface area contributed by atoms with E-state index in [2.05, 4.69) is 21.2 Å². The van der Waals surface area contributed by atoms with Crippen LogP contribution in [0.5, 0.6) is 5.75 Å². The molecule has 0 aliphatic carbocycles. The average molecular weight is 340 g/mol. The Balaban J connectivity index is 2.24. The molecule has 0 radical (unpaired) electrons. The summed E-state index contributed by atoms with van der Waals surface area (Å²) < 4.78 is 5.16. The van der Waals surface area contributed by atoms with Crippen LogP contribution in [0.3, 0.4) is 0 Å². The van der Waals surface area contributed by atoms with E-state index in [1.807, 2.05) is 36.6 Å². The Bertz CT molecular complexity index is 580. The zero-order chi connectivity index (χ0) is 13.8. The Labute approximate surface area is 124 Å². The molecule has 1 aromatic heterocycles. The van der Waals surface area contributed by atoms with Gasteiger partial charge < -0.3 is 10.1 Å². The molecule has 2 rings (SSSR count). The highest BCUT2D eigenvalue weighted by molar-refractivity contribution is 9.09. The van der Waals surface area contributed by atoms with Gasteiger partial charge in [0.1, 0.15) is 10.6 Å².